The highest BCUT2D eigenvalue weighted by atomic mass is 35.5. The monoisotopic (exact) mass is 473 g/mol. The van der Waals surface area contributed by atoms with Crippen LogP contribution in [0.25, 0.3) is 0 Å². The molecule has 0 radical (unpaired) electrons. The summed E-state index contributed by atoms with van der Waals surface area (Å²) in [6.45, 7) is 0. The number of thiazole rings is 1. The third-order valence-corrected chi connectivity index (χ3v) is 5.64. The minimum absolute atomic E-state index is 0.0232. The second-order valence-electron chi connectivity index (χ2n) is 5.13. The molecule has 1 aromatic heterocycles. The first-order valence-electron chi connectivity index (χ1n) is 7.24. The molecule has 1 aromatic rings. The van der Waals surface area contributed by atoms with Crippen molar-refractivity contribution in [1.82, 2.24) is 14.6 Å². The molecule has 2 atom stereocenters. The molecule has 0 aromatic carbocycles. The summed E-state index contributed by atoms with van der Waals surface area (Å²) in [5.41, 5.74) is -0.313. The Hall–Kier alpha value is -2.00. The number of carbonyl (C=O) groups excluding carboxylic acids is 3. The highest BCUT2D eigenvalue weighted by Gasteiger charge is 2.53. The average Bonchev–Trinajstić information content (AvgIpc) is 3.08. The summed E-state index contributed by atoms with van der Waals surface area (Å²) < 4.78 is 31.6. The van der Waals surface area contributed by atoms with E-state index >= 15 is 0 Å². The van der Waals surface area contributed by atoms with Crippen molar-refractivity contribution < 1.29 is 32.2 Å². The number of nitrogens with one attached hydrogen (secondary N) is 2. The summed E-state index contributed by atoms with van der Waals surface area (Å²) in [5, 5.41) is 9.75. The van der Waals surface area contributed by atoms with Crippen LogP contribution in [-0.4, -0.2) is 76.6 Å². The summed E-state index contributed by atoms with van der Waals surface area (Å²) in [4.78, 5) is 44.4. The smallest absolute Gasteiger partial charge is 0.362 e. The van der Waals surface area contributed by atoms with Gasteiger partial charge in [-0.1, -0.05) is 5.16 Å². The Morgan fingerprint density at radius 1 is 1.46 bits per heavy atom. The van der Waals surface area contributed by atoms with Crippen LogP contribution in [0.2, 0.25) is 0 Å². The number of β-lactam (4-membered cyclic amide) rings is 1. The Morgan fingerprint density at radius 2 is 2.14 bits per heavy atom. The predicted molar refractivity (Wildman–Crippen MR) is 99.8 cm³/mol. The largest absolute Gasteiger partial charge is 0.398 e. The van der Waals surface area contributed by atoms with E-state index in [4.69, 9.17) is 27.8 Å². The molecule has 3 amide bonds. The summed E-state index contributed by atoms with van der Waals surface area (Å²) in [6.07, 6.45) is 0. The number of nitrogens with zero attached hydrogens (tertiary/aromatic N) is 3. The number of hydrogen-bond acceptors (Lipinski definition) is 9. The van der Waals surface area contributed by atoms with E-state index in [1.54, 1.807) is 0 Å². The molecule has 1 saturated heterocycles. The highest BCUT2D eigenvalue weighted by Crippen LogP contribution is 2.25. The molecule has 1 aliphatic heterocycles. The molecule has 1 fully saturated rings. The van der Waals surface area contributed by atoms with Crippen molar-refractivity contribution in [1.29, 1.82) is 0 Å². The van der Waals surface area contributed by atoms with Crippen LogP contribution in [0, 0.1) is 0 Å². The van der Waals surface area contributed by atoms with E-state index in [0.29, 0.717) is 0 Å². The van der Waals surface area contributed by atoms with Gasteiger partial charge in [0.05, 0.1) is 6.04 Å². The van der Waals surface area contributed by atoms with Gasteiger partial charge >= 0.3 is 10.3 Å². The quantitative estimate of drug-likeness (QED) is 0.148. The molecule has 0 saturated carbocycles. The number of oxime groups is 1. The first kappa shape index (κ1) is 22.3. The second-order valence-corrected chi connectivity index (χ2v) is 7.85. The van der Waals surface area contributed by atoms with Gasteiger partial charge in [0.15, 0.2) is 10.8 Å². The standard InChI is InChI=1S/C12H13Cl2N5O7S2/c1-26-18-8(5-4-27-12(15-5)16-7(20)3-14)10(21)17-9-6(2-13)19(11(9)22)28(23,24)25/h4,6,9H,2-3H2,1H3,(H,17,21)(H,15,16,20)(H,23,24,25)/t6-,9+/m1/s1. The SMILES string of the molecule is CON=C(C(=O)N[C@@H]1C(=O)N(S(=O)(=O)O)[C@@H]1CCl)c1csc(NC(=O)CCl)n1. The minimum Gasteiger partial charge on any atom is -0.398 e. The third-order valence-electron chi connectivity index (χ3n) is 3.37. The molecular formula is C12H13Cl2N5O7S2. The van der Waals surface area contributed by atoms with Crippen LogP contribution < -0.4 is 10.6 Å². The van der Waals surface area contributed by atoms with Crippen LogP contribution in [0.4, 0.5) is 5.13 Å². The number of hydrogen-bond donors (Lipinski definition) is 3. The lowest BCUT2D eigenvalue weighted by Crippen LogP contribution is -2.73. The summed E-state index contributed by atoms with van der Waals surface area (Å²) in [7, 11) is -3.63. The molecule has 0 spiro atoms. The van der Waals surface area contributed by atoms with Gasteiger partial charge in [0, 0.05) is 11.3 Å². The number of carbonyl (C=O) groups is 3. The van der Waals surface area contributed by atoms with Crippen LogP contribution in [-0.2, 0) is 29.5 Å². The fraction of sp³-hybridized carbons (Fsp3) is 0.417. The summed E-state index contributed by atoms with van der Waals surface area (Å²) in [5.74, 6) is -3.13. The van der Waals surface area contributed by atoms with Crippen molar-refractivity contribution in [3.8, 4) is 0 Å². The van der Waals surface area contributed by atoms with Crippen LogP contribution in [0.1, 0.15) is 5.69 Å². The van der Waals surface area contributed by atoms with E-state index < -0.39 is 40.1 Å². The van der Waals surface area contributed by atoms with Crippen LogP contribution in [0.3, 0.4) is 0 Å². The summed E-state index contributed by atoms with van der Waals surface area (Å²) in [6, 6.07) is -2.48. The van der Waals surface area contributed by atoms with Gasteiger partial charge in [0.1, 0.15) is 24.7 Å². The number of anilines is 1. The number of alkyl halides is 2. The lowest BCUT2D eigenvalue weighted by atomic mass is 10.0. The van der Waals surface area contributed by atoms with Crippen LogP contribution in [0.15, 0.2) is 10.5 Å². The van der Waals surface area contributed by atoms with Gasteiger partial charge in [0.2, 0.25) is 5.91 Å². The first-order valence-corrected chi connectivity index (χ1v) is 10.6. The highest BCUT2D eigenvalue weighted by molar-refractivity contribution is 7.84. The molecule has 0 unspecified atom stereocenters. The van der Waals surface area contributed by atoms with Gasteiger partial charge in [-0.3, -0.25) is 18.9 Å². The fourth-order valence-electron chi connectivity index (χ4n) is 2.21. The van der Waals surface area contributed by atoms with E-state index in [9.17, 15) is 22.8 Å². The van der Waals surface area contributed by atoms with Crippen LogP contribution in [0.5, 0.6) is 0 Å². The molecular weight excluding hydrogens is 461 g/mol. The van der Waals surface area contributed by atoms with E-state index in [1.807, 2.05) is 0 Å². The fourth-order valence-corrected chi connectivity index (χ4v) is 4.27. The van der Waals surface area contributed by atoms with Crippen molar-refractivity contribution >= 4 is 73.4 Å². The van der Waals surface area contributed by atoms with Gasteiger partial charge in [-0.25, -0.2) is 9.29 Å². The molecule has 2 rings (SSSR count). The van der Waals surface area contributed by atoms with Crippen molar-refractivity contribution in [3.05, 3.63) is 11.1 Å². The molecule has 1 aliphatic rings. The van der Waals surface area contributed by atoms with Gasteiger partial charge in [-0.2, -0.15) is 8.42 Å². The van der Waals surface area contributed by atoms with E-state index in [0.717, 1.165) is 11.3 Å². The maximum absolute atomic E-state index is 12.5. The van der Waals surface area contributed by atoms with E-state index in [-0.39, 0.29) is 32.6 Å². The van der Waals surface area contributed by atoms with E-state index in [1.165, 1.54) is 12.5 Å². The zero-order valence-electron chi connectivity index (χ0n) is 14.0. The number of rotatable bonds is 8. The normalized spacial score (nSPS) is 19.8. The maximum Gasteiger partial charge on any atom is 0.362 e. The zero-order chi connectivity index (χ0) is 21.1. The minimum atomic E-state index is -4.81. The molecule has 2 heterocycles. The molecule has 0 aliphatic carbocycles. The lowest BCUT2D eigenvalue weighted by molar-refractivity contribution is -0.143. The lowest BCUT2D eigenvalue weighted by Gasteiger charge is -2.43. The Kier molecular flexibility index (Phi) is 7.16. The molecule has 16 heteroatoms. The number of aromatic nitrogens is 1. The average molecular weight is 474 g/mol. The molecule has 12 nitrogen and oxygen atoms in total. The number of amides is 3. The summed E-state index contributed by atoms with van der Waals surface area (Å²) >= 11 is 12.0. The Labute approximate surface area is 172 Å². The van der Waals surface area contributed by atoms with Gasteiger partial charge < -0.3 is 15.5 Å². The molecule has 0 bridgehead atoms. The van der Waals surface area contributed by atoms with Crippen LogP contribution >= 0.6 is 34.5 Å². The van der Waals surface area contributed by atoms with Gasteiger partial charge in [-0.15, -0.1) is 34.5 Å². The van der Waals surface area contributed by atoms with Gasteiger partial charge in [-0.05, 0) is 0 Å². The topological polar surface area (TPSA) is 167 Å². The molecule has 154 valence electrons. The Morgan fingerprint density at radius 3 is 2.68 bits per heavy atom. The van der Waals surface area contributed by atoms with Crippen molar-refractivity contribution in [2.75, 3.05) is 24.2 Å². The number of halogens is 2. The zero-order valence-corrected chi connectivity index (χ0v) is 17.1. The maximum atomic E-state index is 12.5. The Bertz CT molecular complexity index is 919. The van der Waals surface area contributed by atoms with Gasteiger partial charge in [0.25, 0.3) is 11.8 Å². The predicted octanol–water partition coefficient (Wildman–Crippen LogP) is -0.592. The Balaban J connectivity index is 2.17. The first-order chi connectivity index (χ1) is 13.1. The van der Waals surface area contributed by atoms with Crippen molar-refractivity contribution in [2.24, 2.45) is 5.16 Å². The van der Waals surface area contributed by atoms with Crippen molar-refractivity contribution in [3.63, 3.8) is 0 Å². The van der Waals surface area contributed by atoms with Crippen molar-refractivity contribution in [2.45, 2.75) is 12.1 Å². The second kappa shape index (κ2) is 9.00. The molecule has 3 N–H and O–H groups in total. The third kappa shape index (κ3) is 4.70. The van der Waals surface area contributed by atoms with E-state index in [2.05, 4.69) is 25.6 Å². The molecule has 28 heavy (non-hydrogen) atoms.